The third kappa shape index (κ3) is 3.90. The number of nitro groups is 1. The smallest absolute Gasteiger partial charge is 0.282 e. The van der Waals surface area contributed by atoms with E-state index in [-0.39, 0.29) is 17.2 Å². The van der Waals surface area contributed by atoms with Gasteiger partial charge in [0, 0.05) is 28.9 Å². The van der Waals surface area contributed by atoms with Crippen molar-refractivity contribution in [3.05, 3.63) is 81.3 Å². The summed E-state index contributed by atoms with van der Waals surface area (Å²) < 4.78 is 0. The lowest BCUT2D eigenvalue weighted by atomic mass is 10.1. The number of amides is 2. The Morgan fingerprint density at radius 2 is 1.73 bits per heavy atom. The molecule has 3 rings (SSSR count). The van der Waals surface area contributed by atoms with Crippen LogP contribution >= 0.6 is 11.3 Å². The van der Waals surface area contributed by atoms with Crippen molar-refractivity contribution in [3.63, 3.8) is 0 Å². The number of rotatable bonds is 5. The largest absolute Gasteiger partial charge is 0.322 e. The van der Waals surface area contributed by atoms with Gasteiger partial charge >= 0.3 is 0 Å². The molecular formula is C17H12N4O4S. The van der Waals surface area contributed by atoms with Gasteiger partial charge in [-0.15, -0.1) is 11.3 Å². The zero-order valence-electron chi connectivity index (χ0n) is 13.2. The van der Waals surface area contributed by atoms with Crippen LogP contribution in [-0.4, -0.2) is 21.7 Å². The molecule has 0 atom stereocenters. The first kappa shape index (κ1) is 17.2. The van der Waals surface area contributed by atoms with E-state index in [1.54, 1.807) is 29.8 Å². The van der Waals surface area contributed by atoms with Gasteiger partial charge in [-0.3, -0.25) is 25.0 Å². The van der Waals surface area contributed by atoms with Crippen LogP contribution < -0.4 is 10.6 Å². The van der Waals surface area contributed by atoms with Crippen molar-refractivity contribution in [3.8, 4) is 0 Å². The monoisotopic (exact) mass is 368 g/mol. The van der Waals surface area contributed by atoms with E-state index >= 15 is 0 Å². The zero-order valence-corrected chi connectivity index (χ0v) is 14.0. The van der Waals surface area contributed by atoms with Crippen LogP contribution in [0.25, 0.3) is 0 Å². The molecule has 1 heterocycles. The number of nitrogens with one attached hydrogen (secondary N) is 2. The van der Waals surface area contributed by atoms with Crippen LogP contribution in [-0.2, 0) is 0 Å². The van der Waals surface area contributed by atoms with E-state index < -0.39 is 10.8 Å². The maximum atomic E-state index is 12.3. The van der Waals surface area contributed by atoms with Crippen molar-refractivity contribution in [2.45, 2.75) is 0 Å². The number of benzene rings is 2. The lowest BCUT2D eigenvalue weighted by Gasteiger charge is -2.07. The van der Waals surface area contributed by atoms with Gasteiger partial charge in [0.1, 0.15) is 5.56 Å². The number of para-hydroxylation sites is 1. The van der Waals surface area contributed by atoms with Gasteiger partial charge in [0.15, 0.2) is 5.13 Å². The fourth-order valence-corrected chi connectivity index (χ4v) is 2.71. The quantitative estimate of drug-likeness (QED) is 0.528. The molecule has 0 saturated heterocycles. The van der Waals surface area contributed by atoms with Gasteiger partial charge in [0.25, 0.3) is 17.5 Å². The Balaban J connectivity index is 1.70. The third-order valence-corrected chi connectivity index (χ3v) is 4.09. The molecule has 0 fully saturated rings. The van der Waals surface area contributed by atoms with Crippen LogP contribution in [0.1, 0.15) is 20.7 Å². The minimum absolute atomic E-state index is 0.0388. The van der Waals surface area contributed by atoms with Gasteiger partial charge in [0.2, 0.25) is 0 Å². The lowest BCUT2D eigenvalue weighted by Crippen LogP contribution is -2.14. The topological polar surface area (TPSA) is 114 Å². The molecule has 3 aromatic rings. The number of anilines is 2. The second-order valence-corrected chi connectivity index (χ2v) is 5.99. The first-order chi connectivity index (χ1) is 12.5. The summed E-state index contributed by atoms with van der Waals surface area (Å²) in [6.45, 7) is 0. The normalized spacial score (nSPS) is 10.2. The van der Waals surface area contributed by atoms with Gasteiger partial charge in [0.05, 0.1) is 4.92 Å². The maximum Gasteiger partial charge on any atom is 0.282 e. The van der Waals surface area contributed by atoms with E-state index in [1.165, 1.54) is 41.7 Å². The van der Waals surface area contributed by atoms with Crippen molar-refractivity contribution in [1.82, 2.24) is 4.98 Å². The van der Waals surface area contributed by atoms with Crippen LogP contribution in [0.4, 0.5) is 16.5 Å². The molecule has 130 valence electrons. The molecule has 0 aliphatic heterocycles. The van der Waals surface area contributed by atoms with Crippen LogP contribution in [0.2, 0.25) is 0 Å². The maximum absolute atomic E-state index is 12.3. The van der Waals surface area contributed by atoms with Crippen LogP contribution in [0, 0.1) is 10.1 Å². The van der Waals surface area contributed by atoms with Gasteiger partial charge in [-0.05, 0) is 30.3 Å². The minimum Gasteiger partial charge on any atom is -0.322 e. The van der Waals surface area contributed by atoms with E-state index in [9.17, 15) is 19.7 Å². The summed E-state index contributed by atoms with van der Waals surface area (Å²) in [5.41, 5.74) is 0.496. The van der Waals surface area contributed by atoms with Crippen molar-refractivity contribution >= 4 is 39.7 Å². The third-order valence-electron chi connectivity index (χ3n) is 3.40. The van der Waals surface area contributed by atoms with Crippen molar-refractivity contribution < 1.29 is 14.5 Å². The highest BCUT2D eigenvalue weighted by Gasteiger charge is 2.19. The summed E-state index contributed by atoms with van der Waals surface area (Å²) in [4.78, 5) is 38.7. The molecular weight excluding hydrogens is 356 g/mol. The van der Waals surface area contributed by atoms with Gasteiger partial charge in [-0.2, -0.15) is 0 Å². The Labute approximate surface area is 151 Å². The molecule has 2 amide bonds. The number of hydrogen-bond donors (Lipinski definition) is 2. The van der Waals surface area contributed by atoms with E-state index in [0.29, 0.717) is 16.4 Å². The highest BCUT2D eigenvalue weighted by molar-refractivity contribution is 7.13. The summed E-state index contributed by atoms with van der Waals surface area (Å²) in [6, 6.07) is 11.9. The number of aromatic nitrogens is 1. The Hall–Kier alpha value is -3.59. The molecule has 8 nitrogen and oxygen atoms in total. The number of carbonyl (C=O) groups is 2. The first-order valence-electron chi connectivity index (χ1n) is 7.40. The molecule has 1 aromatic heterocycles. The highest BCUT2D eigenvalue weighted by atomic mass is 32.1. The standard InChI is InChI=1S/C17H12N4O4S/c22-15(20-17-18-9-10-26-17)11-5-7-12(8-6-11)19-16(23)13-3-1-2-4-14(13)21(24)25/h1-10H,(H,19,23)(H,18,20,22). The number of hydrogen-bond acceptors (Lipinski definition) is 6. The molecule has 0 aliphatic rings. The average Bonchev–Trinajstić information content (AvgIpc) is 3.15. The Kier molecular flexibility index (Phi) is 4.99. The average molecular weight is 368 g/mol. The van der Waals surface area contributed by atoms with Gasteiger partial charge in [-0.25, -0.2) is 4.98 Å². The van der Waals surface area contributed by atoms with E-state index in [0.717, 1.165) is 0 Å². The molecule has 0 aliphatic carbocycles. The van der Waals surface area contributed by atoms with Crippen molar-refractivity contribution in [1.29, 1.82) is 0 Å². The van der Waals surface area contributed by atoms with Crippen molar-refractivity contribution in [2.24, 2.45) is 0 Å². The fourth-order valence-electron chi connectivity index (χ4n) is 2.18. The predicted molar refractivity (Wildman–Crippen MR) is 97.6 cm³/mol. The van der Waals surface area contributed by atoms with Gasteiger partial charge < -0.3 is 5.32 Å². The second kappa shape index (κ2) is 7.53. The summed E-state index contributed by atoms with van der Waals surface area (Å²) in [5.74, 6) is -0.922. The lowest BCUT2D eigenvalue weighted by molar-refractivity contribution is -0.385. The highest BCUT2D eigenvalue weighted by Crippen LogP contribution is 2.20. The minimum atomic E-state index is -0.610. The number of carbonyl (C=O) groups excluding carboxylic acids is 2. The summed E-state index contributed by atoms with van der Waals surface area (Å²) in [5, 5.41) is 18.5. The number of thiazole rings is 1. The first-order valence-corrected chi connectivity index (χ1v) is 8.28. The van der Waals surface area contributed by atoms with Gasteiger partial charge in [-0.1, -0.05) is 12.1 Å². The Morgan fingerprint density at radius 1 is 1.00 bits per heavy atom. The van der Waals surface area contributed by atoms with Crippen molar-refractivity contribution in [2.75, 3.05) is 10.6 Å². The number of nitro benzene ring substituents is 1. The summed E-state index contributed by atoms with van der Waals surface area (Å²) in [7, 11) is 0. The molecule has 0 radical (unpaired) electrons. The van der Waals surface area contributed by atoms with Crippen LogP contribution in [0.3, 0.4) is 0 Å². The zero-order chi connectivity index (χ0) is 18.5. The molecule has 9 heteroatoms. The number of nitrogens with zero attached hydrogens (tertiary/aromatic N) is 2. The van der Waals surface area contributed by atoms with Crippen LogP contribution in [0.5, 0.6) is 0 Å². The molecule has 0 unspecified atom stereocenters. The summed E-state index contributed by atoms with van der Waals surface area (Å²) in [6.07, 6.45) is 1.58. The molecule has 0 bridgehead atoms. The van der Waals surface area contributed by atoms with E-state index in [1.807, 2.05) is 0 Å². The Bertz CT molecular complexity index is 955. The molecule has 2 aromatic carbocycles. The fraction of sp³-hybridized carbons (Fsp3) is 0. The van der Waals surface area contributed by atoms with Crippen LogP contribution in [0.15, 0.2) is 60.1 Å². The van der Waals surface area contributed by atoms with E-state index in [2.05, 4.69) is 15.6 Å². The summed E-state index contributed by atoms with van der Waals surface area (Å²) >= 11 is 1.30. The predicted octanol–water partition coefficient (Wildman–Crippen LogP) is 3.56. The molecule has 2 N–H and O–H groups in total. The molecule has 0 saturated carbocycles. The second-order valence-electron chi connectivity index (χ2n) is 5.10. The Morgan fingerprint density at radius 3 is 2.38 bits per heavy atom. The molecule has 26 heavy (non-hydrogen) atoms. The molecule has 0 spiro atoms. The van der Waals surface area contributed by atoms with E-state index in [4.69, 9.17) is 0 Å². The SMILES string of the molecule is O=C(Nc1nccs1)c1ccc(NC(=O)c2ccccc2[N+](=O)[O-])cc1.